The number of nitrogens with zero attached hydrogens (tertiary/aromatic N) is 1. The van der Waals surface area contributed by atoms with Crippen LogP contribution in [0.3, 0.4) is 0 Å². The first-order chi connectivity index (χ1) is 7.54. The molecule has 16 heavy (non-hydrogen) atoms. The zero-order chi connectivity index (χ0) is 12.1. The van der Waals surface area contributed by atoms with Crippen LogP contribution in [0.5, 0.6) is 0 Å². The summed E-state index contributed by atoms with van der Waals surface area (Å²) in [5.41, 5.74) is 5.61. The quantitative estimate of drug-likeness (QED) is 0.709. The standard InChI is InChI=1S/C14H22ClN/c1-11-8-12(2)14(13(3)9-11)10-16(4)7-5-6-15/h8-9H,5-7,10H2,1-4H3. The minimum Gasteiger partial charge on any atom is -0.302 e. The van der Waals surface area contributed by atoms with Gasteiger partial charge >= 0.3 is 0 Å². The van der Waals surface area contributed by atoms with Crippen LogP contribution in [0.4, 0.5) is 0 Å². The molecule has 0 radical (unpaired) electrons. The SMILES string of the molecule is Cc1cc(C)c(CN(C)CCCCl)c(C)c1. The normalized spacial score (nSPS) is 11.1. The summed E-state index contributed by atoms with van der Waals surface area (Å²) >= 11 is 5.71. The van der Waals surface area contributed by atoms with E-state index < -0.39 is 0 Å². The van der Waals surface area contributed by atoms with E-state index in [0.29, 0.717) is 0 Å². The Morgan fingerprint density at radius 3 is 2.19 bits per heavy atom. The highest BCUT2D eigenvalue weighted by atomic mass is 35.5. The van der Waals surface area contributed by atoms with Gasteiger partial charge in [-0.3, -0.25) is 0 Å². The Bertz CT molecular complexity index is 324. The Labute approximate surface area is 104 Å². The van der Waals surface area contributed by atoms with Crippen LogP contribution >= 0.6 is 11.6 Å². The lowest BCUT2D eigenvalue weighted by Gasteiger charge is -2.19. The van der Waals surface area contributed by atoms with Gasteiger partial charge in [-0.1, -0.05) is 17.7 Å². The van der Waals surface area contributed by atoms with Crippen LogP contribution in [0.25, 0.3) is 0 Å². The highest BCUT2D eigenvalue weighted by Gasteiger charge is 2.06. The molecule has 0 saturated heterocycles. The molecule has 1 rings (SSSR count). The van der Waals surface area contributed by atoms with Crippen molar-refractivity contribution >= 4 is 11.6 Å². The molecule has 0 spiro atoms. The van der Waals surface area contributed by atoms with E-state index in [9.17, 15) is 0 Å². The van der Waals surface area contributed by atoms with Crippen molar-refractivity contribution in [2.24, 2.45) is 0 Å². The molecule has 0 atom stereocenters. The second kappa shape index (κ2) is 6.27. The third-order valence-electron chi connectivity index (χ3n) is 2.94. The highest BCUT2D eigenvalue weighted by Crippen LogP contribution is 2.17. The minimum atomic E-state index is 0.746. The van der Waals surface area contributed by atoms with Gasteiger partial charge in [-0.25, -0.2) is 0 Å². The van der Waals surface area contributed by atoms with E-state index in [4.69, 9.17) is 11.6 Å². The lowest BCUT2D eigenvalue weighted by atomic mass is 9.99. The van der Waals surface area contributed by atoms with Gasteiger partial charge in [0, 0.05) is 12.4 Å². The smallest absolute Gasteiger partial charge is 0.0235 e. The van der Waals surface area contributed by atoms with Crippen molar-refractivity contribution in [3.05, 3.63) is 34.4 Å². The molecule has 1 aromatic carbocycles. The van der Waals surface area contributed by atoms with Gasteiger partial charge in [-0.05, 0) is 57.5 Å². The molecule has 0 aliphatic heterocycles. The van der Waals surface area contributed by atoms with E-state index >= 15 is 0 Å². The van der Waals surface area contributed by atoms with Gasteiger partial charge in [0.15, 0.2) is 0 Å². The molecular formula is C14H22ClN. The van der Waals surface area contributed by atoms with Crippen molar-refractivity contribution < 1.29 is 0 Å². The van der Waals surface area contributed by atoms with E-state index in [0.717, 1.165) is 25.4 Å². The van der Waals surface area contributed by atoms with E-state index in [1.165, 1.54) is 22.3 Å². The molecule has 0 saturated carbocycles. The topological polar surface area (TPSA) is 3.24 Å². The second-order valence-electron chi connectivity index (χ2n) is 4.66. The molecule has 1 aromatic rings. The summed E-state index contributed by atoms with van der Waals surface area (Å²) in [5, 5.41) is 0. The molecule has 0 heterocycles. The Balaban J connectivity index is 2.73. The van der Waals surface area contributed by atoms with Gasteiger partial charge < -0.3 is 4.90 Å². The van der Waals surface area contributed by atoms with Crippen molar-refractivity contribution in [2.45, 2.75) is 33.7 Å². The predicted octanol–water partition coefficient (Wildman–Crippen LogP) is 3.67. The second-order valence-corrected chi connectivity index (χ2v) is 5.04. The van der Waals surface area contributed by atoms with Crippen LogP contribution in [-0.4, -0.2) is 24.4 Å². The summed E-state index contributed by atoms with van der Waals surface area (Å²) in [6.45, 7) is 8.64. The molecule has 0 aliphatic rings. The monoisotopic (exact) mass is 239 g/mol. The molecule has 0 bridgehead atoms. The van der Waals surface area contributed by atoms with E-state index in [1.807, 2.05) is 0 Å². The van der Waals surface area contributed by atoms with Crippen LogP contribution < -0.4 is 0 Å². The Morgan fingerprint density at radius 1 is 1.12 bits per heavy atom. The van der Waals surface area contributed by atoms with Crippen LogP contribution in [0.1, 0.15) is 28.7 Å². The number of halogens is 1. The molecule has 0 fully saturated rings. The number of hydrogen-bond donors (Lipinski definition) is 0. The molecular weight excluding hydrogens is 218 g/mol. The summed E-state index contributed by atoms with van der Waals surface area (Å²) in [5.74, 6) is 0.746. The van der Waals surface area contributed by atoms with Crippen molar-refractivity contribution in [3.63, 3.8) is 0 Å². The van der Waals surface area contributed by atoms with Gasteiger partial charge in [-0.2, -0.15) is 0 Å². The molecule has 0 unspecified atom stereocenters. The fraction of sp³-hybridized carbons (Fsp3) is 0.571. The zero-order valence-electron chi connectivity index (χ0n) is 10.8. The largest absolute Gasteiger partial charge is 0.302 e. The van der Waals surface area contributed by atoms with Gasteiger partial charge in [0.1, 0.15) is 0 Å². The van der Waals surface area contributed by atoms with E-state index in [2.05, 4.69) is 44.9 Å². The third-order valence-corrected chi connectivity index (χ3v) is 3.21. The Hall–Kier alpha value is -0.530. The van der Waals surface area contributed by atoms with Crippen LogP contribution in [0.2, 0.25) is 0 Å². The van der Waals surface area contributed by atoms with Crippen LogP contribution in [0.15, 0.2) is 12.1 Å². The van der Waals surface area contributed by atoms with Crippen molar-refractivity contribution in [1.29, 1.82) is 0 Å². The fourth-order valence-electron chi connectivity index (χ4n) is 2.14. The number of aryl methyl sites for hydroxylation is 3. The molecule has 90 valence electrons. The van der Waals surface area contributed by atoms with Gasteiger partial charge in [0.25, 0.3) is 0 Å². The third kappa shape index (κ3) is 3.80. The van der Waals surface area contributed by atoms with Crippen LogP contribution in [-0.2, 0) is 6.54 Å². The Morgan fingerprint density at radius 2 is 1.69 bits per heavy atom. The first-order valence-corrected chi connectivity index (χ1v) is 6.39. The number of rotatable bonds is 5. The predicted molar refractivity (Wildman–Crippen MR) is 72.3 cm³/mol. The fourth-order valence-corrected chi connectivity index (χ4v) is 2.26. The first-order valence-electron chi connectivity index (χ1n) is 5.86. The summed E-state index contributed by atoms with van der Waals surface area (Å²) in [4.78, 5) is 2.34. The molecule has 0 N–H and O–H groups in total. The van der Waals surface area contributed by atoms with Gasteiger partial charge in [0.2, 0.25) is 0 Å². The van der Waals surface area contributed by atoms with Crippen molar-refractivity contribution in [3.8, 4) is 0 Å². The maximum absolute atomic E-state index is 5.71. The molecule has 1 nitrogen and oxygen atoms in total. The van der Waals surface area contributed by atoms with Crippen molar-refractivity contribution in [1.82, 2.24) is 4.90 Å². The maximum atomic E-state index is 5.71. The average molecular weight is 240 g/mol. The number of benzene rings is 1. The maximum Gasteiger partial charge on any atom is 0.0235 e. The van der Waals surface area contributed by atoms with E-state index in [-0.39, 0.29) is 0 Å². The van der Waals surface area contributed by atoms with Crippen molar-refractivity contribution in [2.75, 3.05) is 19.5 Å². The average Bonchev–Trinajstić information content (AvgIpc) is 2.20. The highest BCUT2D eigenvalue weighted by molar-refractivity contribution is 6.17. The molecule has 0 amide bonds. The van der Waals surface area contributed by atoms with E-state index in [1.54, 1.807) is 0 Å². The summed E-state index contributed by atoms with van der Waals surface area (Å²) in [6.07, 6.45) is 1.06. The number of alkyl halides is 1. The molecule has 0 aromatic heterocycles. The molecule has 0 aliphatic carbocycles. The minimum absolute atomic E-state index is 0.746. The summed E-state index contributed by atoms with van der Waals surface area (Å²) < 4.78 is 0. The summed E-state index contributed by atoms with van der Waals surface area (Å²) in [6, 6.07) is 4.52. The zero-order valence-corrected chi connectivity index (χ0v) is 11.6. The van der Waals surface area contributed by atoms with Crippen LogP contribution in [0, 0.1) is 20.8 Å². The molecule has 2 heteroatoms. The Kier molecular flexibility index (Phi) is 5.30. The van der Waals surface area contributed by atoms with Gasteiger partial charge in [-0.15, -0.1) is 11.6 Å². The lowest BCUT2D eigenvalue weighted by Crippen LogP contribution is -2.20. The number of hydrogen-bond acceptors (Lipinski definition) is 1. The summed E-state index contributed by atoms with van der Waals surface area (Å²) in [7, 11) is 2.16. The van der Waals surface area contributed by atoms with Gasteiger partial charge in [0.05, 0.1) is 0 Å². The lowest BCUT2D eigenvalue weighted by molar-refractivity contribution is 0.327. The first kappa shape index (κ1) is 13.5.